The van der Waals surface area contributed by atoms with E-state index in [9.17, 15) is 18.0 Å². The Hall–Kier alpha value is -1.96. The van der Waals surface area contributed by atoms with E-state index in [-0.39, 0.29) is 17.8 Å². The lowest BCUT2D eigenvalue weighted by Gasteiger charge is -2.20. The van der Waals surface area contributed by atoms with Gasteiger partial charge in [0.1, 0.15) is 6.54 Å². The summed E-state index contributed by atoms with van der Waals surface area (Å²) in [6.07, 6.45) is -1.36. The van der Waals surface area contributed by atoms with Gasteiger partial charge in [-0.2, -0.15) is 18.3 Å². The lowest BCUT2D eigenvalue weighted by Crippen LogP contribution is -2.32. The third kappa shape index (κ3) is 5.52. The number of ether oxygens (including phenoxy) is 1. The molecule has 2 aromatic rings. The Morgan fingerprint density at radius 2 is 1.77 bits per heavy atom. The van der Waals surface area contributed by atoms with E-state index in [4.69, 9.17) is 4.74 Å². The minimum absolute atomic E-state index is 0.115. The van der Waals surface area contributed by atoms with E-state index < -0.39 is 18.3 Å². The van der Waals surface area contributed by atoms with Crippen LogP contribution in [0.1, 0.15) is 20.8 Å². The van der Waals surface area contributed by atoms with E-state index >= 15 is 0 Å². The highest BCUT2D eigenvalue weighted by atomic mass is 32.2. The third-order valence-electron chi connectivity index (χ3n) is 3.38. The SMILES string of the molecule is CSc1ccc(-c2cnn(CC(F)(F)F)c(=O)c2OCC(C)(C)C)cc1. The number of hydrogen-bond acceptors (Lipinski definition) is 4. The molecule has 0 aliphatic heterocycles. The number of nitrogens with zero attached hydrogens (tertiary/aromatic N) is 2. The Morgan fingerprint density at radius 1 is 1.15 bits per heavy atom. The lowest BCUT2D eigenvalue weighted by molar-refractivity contribution is -0.143. The zero-order chi connectivity index (χ0) is 19.5. The van der Waals surface area contributed by atoms with E-state index in [2.05, 4.69) is 5.10 Å². The van der Waals surface area contributed by atoms with Crippen molar-refractivity contribution in [2.75, 3.05) is 12.9 Å². The maximum Gasteiger partial charge on any atom is 0.408 e. The van der Waals surface area contributed by atoms with Crippen LogP contribution in [0.15, 0.2) is 40.2 Å². The Morgan fingerprint density at radius 3 is 2.27 bits per heavy atom. The molecular formula is C18H21F3N2O2S. The van der Waals surface area contributed by atoms with Crippen LogP contribution in [0.2, 0.25) is 0 Å². The fraction of sp³-hybridized carbons (Fsp3) is 0.444. The van der Waals surface area contributed by atoms with Gasteiger partial charge in [-0.15, -0.1) is 11.8 Å². The van der Waals surface area contributed by atoms with Crippen molar-refractivity contribution in [2.24, 2.45) is 5.41 Å². The molecule has 0 bridgehead atoms. The molecule has 0 saturated carbocycles. The molecule has 0 spiro atoms. The number of thioether (sulfide) groups is 1. The molecule has 0 aliphatic rings. The summed E-state index contributed by atoms with van der Waals surface area (Å²) in [5, 5.41) is 3.69. The van der Waals surface area contributed by atoms with E-state index in [1.807, 2.05) is 39.2 Å². The van der Waals surface area contributed by atoms with Crippen molar-refractivity contribution in [3.8, 4) is 16.9 Å². The molecule has 1 heterocycles. The monoisotopic (exact) mass is 386 g/mol. The molecule has 0 radical (unpaired) electrons. The second-order valence-electron chi connectivity index (χ2n) is 7.04. The molecule has 0 aliphatic carbocycles. The zero-order valence-corrected chi connectivity index (χ0v) is 15.9. The predicted molar refractivity (Wildman–Crippen MR) is 96.7 cm³/mol. The highest BCUT2D eigenvalue weighted by Gasteiger charge is 2.30. The van der Waals surface area contributed by atoms with Crippen LogP contribution in [0.25, 0.3) is 11.1 Å². The summed E-state index contributed by atoms with van der Waals surface area (Å²) in [5.41, 5.74) is -0.108. The van der Waals surface area contributed by atoms with Crippen LogP contribution in [-0.4, -0.2) is 28.8 Å². The predicted octanol–water partition coefficient (Wildman–Crippen LogP) is 4.62. The first-order chi connectivity index (χ1) is 12.0. The van der Waals surface area contributed by atoms with Gasteiger partial charge < -0.3 is 4.74 Å². The smallest absolute Gasteiger partial charge is 0.408 e. The zero-order valence-electron chi connectivity index (χ0n) is 15.1. The maximum absolute atomic E-state index is 12.7. The molecule has 0 N–H and O–H groups in total. The van der Waals surface area contributed by atoms with Crippen molar-refractivity contribution in [1.29, 1.82) is 0 Å². The lowest BCUT2D eigenvalue weighted by atomic mass is 9.98. The van der Waals surface area contributed by atoms with Gasteiger partial charge in [0.25, 0.3) is 0 Å². The topological polar surface area (TPSA) is 44.1 Å². The minimum Gasteiger partial charge on any atom is -0.487 e. The molecule has 4 nitrogen and oxygen atoms in total. The van der Waals surface area contributed by atoms with Gasteiger partial charge in [0.15, 0.2) is 5.75 Å². The molecule has 2 rings (SSSR count). The van der Waals surface area contributed by atoms with Gasteiger partial charge in [0.05, 0.1) is 12.8 Å². The van der Waals surface area contributed by atoms with Crippen LogP contribution in [0.4, 0.5) is 13.2 Å². The van der Waals surface area contributed by atoms with Crippen molar-refractivity contribution in [2.45, 2.75) is 38.4 Å². The average molecular weight is 386 g/mol. The van der Waals surface area contributed by atoms with Gasteiger partial charge in [0.2, 0.25) is 0 Å². The summed E-state index contributed by atoms with van der Waals surface area (Å²) in [4.78, 5) is 13.6. The van der Waals surface area contributed by atoms with E-state index in [0.29, 0.717) is 15.8 Å². The summed E-state index contributed by atoms with van der Waals surface area (Å²) < 4.78 is 44.1. The van der Waals surface area contributed by atoms with Crippen molar-refractivity contribution < 1.29 is 17.9 Å². The van der Waals surface area contributed by atoms with Gasteiger partial charge in [-0.3, -0.25) is 4.79 Å². The number of aromatic nitrogens is 2. The highest BCUT2D eigenvalue weighted by molar-refractivity contribution is 7.98. The van der Waals surface area contributed by atoms with Crippen LogP contribution in [0.5, 0.6) is 5.75 Å². The molecule has 0 amide bonds. The minimum atomic E-state index is -4.54. The number of hydrogen-bond donors (Lipinski definition) is 0. The van der Waals surface area contributed by atoms with Gasteiger partial charge >= 0.3 is 11.7 Å². The largest absolute Gasteiger partial charge is 0.487 e. The second kappa shape index (κ2) is 7.73. The van der Waals surface area contributed by atoms with Crippen LogP contribution >= 0.6 is 11.8 Å². The Balaban J connectivity index is 2.51. The molecule has 1 aromatic carbocycles. The molecular weight excluding hydrogens is 365 g/mol. The maximum atomic E-state index is 12.7. The first kappa shape index (κ1) is 20.4. The first-order valence-corrected chi connectivity index (χ1v) is 9.17. The van der Waals surface area contributed by atoms with E-state index in [1.54, 1.807) is 23.9 Å². The van der Waals surface area contributed by atoms with Crippen LogP contribution < -0.4 is 10.3 Å². The van der Waals surface area contributed by atoms with Crippen molar-refractivity contribution >= 4 is 11.8 Å². The fourth-order valence-corrected chi connectivity index (χ4v) is 2.57. The van der Waals surface area contributed by atoms with Crippen LogP contribution in [0.3, 0.4) is 0 Å². The molecule has 1 aromatic heterocycles. The molecule has 142 valence electrons. The summed E-state index contributed by atoms with van der Waals surface area (Å²) in [7, 11) is 0. The summed E-state index contributed by atoms with van der Waals surface area (Å²) in [5.74, 6) is -0.115. The van der Waals surface area contributed by atoms with Crippen LogP contribution in [0, 0.1) is 5.41 Å². The first-order valence-electron chi connectivity index (χ1n) is 7.94. The summed E-state index contributed by atoms with van der Waals surface area (Å²) in [6, 6.07) is 7.32. The summed E-state index contributed by atoms with van der Waals surface area (Å²) >= 11 is 1.56. The third-order valence-corrected chi connectivity index (χ3v) is 4.12. The Kier molecular flexibility index (Phi) is 6.05. The standard InChI is InChI=1S/C18H21F3N2O2S/c1-17(2,3)11-25-15-14(12-5-7-13(26-4)8-6-12)9-22-23(16(15)24)10-18(19,20)21/h5-9H,10-11H2,1-4H3. The fourth-order valence-electron chi connectivity index (χ4n) is 2.16. The van der Waals surface area contributed by atoms with Gasteiger partial charge in [0, 0.05) is 10.5 Å². The molecule has 0 fully saturated rings. The number of halogens is 3. The van der Waals surface area contributed by atoms with E-state index in [1.165, 1.54) is 6.20 Å². The summed E-state index contributed by atoms with van der Waals surface area (Å²) in [6.45, 7) is 4.47. The van der Waals surface area contributed by atoms with Crippen molar-refractivity contribution in [1.82, 2.24) is 9.78 Å². The number of alkyl halides is 3. The molecule has 0 atom stereocenters. The second-order valence-corrected chi connectivity index (χ2v) is 7.92. The van der Waals surface area contributed by atoms with Crippen LogP contribution in [-0.2, 0) is 6.54 Å². The molecule has 26 heavy (non-hydrogen) atoms. The van der Waals surface area contributed by atoms with Gasteiger partial charge in [-0.25, -0.2) is 4.68 Å². The number of benzene rings is 1. The Bertz CT molecular complexity index is 809. The van der Waals surface area contributed by atoms with Gasteiger partial charge in [-0.05, 0) is 29.4 Å². The normalized spacial score (nSPS) is 12.3. The molecule has 8 heteroatoms. The molecule has 0 saturated heterocycles. The van der Waals surface area contributed by atoms with Crippen molar-refractivity contribution in [3.63, 3.8) is 0 Å². The number of rotatable bonds is 5. The van der Waals surface area contributed by atoms with E-state index in [0.717, 1.165) is 4.90 Å². The van der Waals surface area contributed by atoms with Crippen molar-refractivity contribution in [3.05, 3.63) is 40.8 Å². The quantitative estimate of drug-likeness (QED) is 0.704. The Labute approximate surface area is 154 Å². The average Bonchev–Trinajstić information content (AvgIpc) is 2.53. The highest BCUT2D eigenvalue weighted by Crippen LogP contribution is 2.29. The molecule has 0 unspecified atom stereocenters. The van der Waals surface area contributed by atoms with Gasteiger partial charge in [-0.1, -0.05) is 32.9 Å².